The summed E-state index contributed by atoms with van der Waals surface area (Å²) in [5, 5.41) is 23.0. The molecule has 26 heavy (non-hydrogen) atoms. The number of nitrogens with one attached hydrogen (secondary N) is 1. The summed E-state index contributed by atoms with van der Waals surface area (Å²) in [5.41, 5.74) is 4.06. The van der Waals surface area contributed by atoms with Gasteiger partial charge in [0.15, 0.2) is 0 Å². The number of aliphatic carboxylic acids is 1. The van der Waals surface area contributed by atoms with E-state index in [-0.39, 0.29) is 23.8 Å². The lowest BCUT2D eigenvalue weighted by atomic mass is 9.69. The Morgan fingerprint density at radius 3 is 2.65 bits per heavy atom. The molecule has 0 aromatic heterocycles. The SMILES string of the molecule is CC(C)c1cc(CC2(CCC(=O)O)c3ccccc3NC2C)ccc1O. The van der Waals surface area contributed by atoms with E-state index in [4.69, 9.17) is 0 Å². The molecule has 2 aromatic rings. The lowest BCUT2D eigenvalue weighted by molar-refractivity contribution is -0.137. The summed E-state index contributed by atoms with van der Waals surface area (Å²) in [6.45, 7) is 6.26. The van der Waals surface area contributed by atoms with E-state index < -0.39 is 5.97 Å². The van der Waals surface area contributed by atoms with Crippen LogP contribution in [0.25, 0.3) is 0 Å². The van der Waals surface area contributed by atoms with Gasteiger partial charge in [-0.05, 0) is 54.5 Å². The van der Waals surface area contributed by atoms with Gasteiger partial charge in [0.1, 0.15) is 5.75 Å². The number of aromatic hydroxyl groups is 1. The molecule has 0 fully saturated rings. The molecule has 138 valence electrons. The van der Waals surface area contributed by atoms with Gasteiger partial charge in [-0.1, -0.05) is 44.2 Å². The first kappa shape index (κ1) is 18.3. The number of anilines is 1. The van der Waals surface area contributed by atoms with Crippen molar-refractivity contribution in [2.24, 2.45) is 0 Å². The Hall–Kier alpha value is -2.49. The molecular formula is C22H27NO3. The molecule has 4 heteroatoms. The molecule has 2 unspecified atom stereocenters. The molecule has 3 rings (SSSR count). The fraction of sp³-hybridized carbons (Fsp3) is 0.409. The average Bonchev–Trinajstić information content (AvgIpc) is 2.87. The molecular weight excluding hydrogens is 326 g/mol. The van der Waals surface area contributed by atoms with Crippen molar-refractivity contribution in [1.29, 1.82) is 0 Å². The van der Waals surface area contributed by atoms with E-state index in [1.54, 1.807) is 6.07 Å². The second-order valence-electron chi connectivity index (χ2n) is 7.69. The van der Waals surface area contributed by atoms with Gasteiger partial charge in [-0.25, -0.2) is 0 Å². The largest absolute Gasteiger partial charge is 0.508 e. The van der Waals surface area contributed by atoms with E-state index in [9.17, 15) is 15.0 Å². The molecule has 0 aliphatic carbocycles. The smallest absolute Gasteiger partial charge is 0.303 e. The number of hydrogen-bond acceptors (Lipinski definition) is 3. The normalized spacial score (nSPS) is 21.5. The lowest BCUT2D eigenvalue weighted by Gasteiger charge is -2.34. The molecule has 0 spiro atoms. The maximum absolute atomic E-state index is 11.3. The van der Waals surface area contributed by atoms with Crippen LogP contribution in [-0.4, -0.2) is 22.2 Å². The number of phenolic OH excluding ortho intramolecular Hbond substituents is 1. The number of fused-ring (bicyclic) bond motifs is 1. The second kappa shape index (κ2) is 7.02. The summed E-state index contributed by atoms with van der Waals surface area (Å²) in [7, 11) is 0. The van der Waals surface area contributed by atoms with Crippen molar-refractivity contribution in [1.82, 2.24) is 0 Å². The van der Waals surface area contributed by atoms with Gasteiger partial charge in [-0.15, -0.1) is 0 Å². The summed E-state index contributed by atoms with van der Waals surface area (Å²) >= 11 is 0. The lowest BCUT2D eigenvalue weighted by Crippen LogP contribution is -2.39. The highest BCUT2D eigenvalue weighted by atomic mass is 16.4. The summed E-state index contributed by atoms with van der Waals surface area (Å²) in [6, 6.07) is 14.1. The van der Waals surface area contributed by atoms with Crippen molar-refractivity contribution in [2.45, 2.75) is 57.4 Å². The topological polar surface area (TPSA) is 69.6 Å². The van der Waals surface area contributed by atoms with Crippen molar-refractivity contribution in [2.75, 3.05) is 5.32 Å². The van der Waals surface area contributed by atoms with E-state index in [2.05, 4.69) is 44.3 Å². The Kier molecular flexibility index (Phi) is 4.94. The molecule has 0 saturated carbocycles. The predicted molar refractivity (Wildman–Crippen MR) is 104 cm³/mol. The fourth-order valence-corrected chi connectivity index (χ4v) is 4.21. The van der Waals surface area contributed by atoms with Crippen LogP contribution in [-0.2, 0) is 16.6 Å². The highest BCUT2D eigenvalue weighted by Gasteiger charge is 2.44. The van der Waals surface area contributed by atoms with Crippen LogP contribution in [0.5, 0.6) is 5.75 Å². The van der Waals surface area contributed by atoms with Crippen LogP contribution in [0.4, 0.5) is 5.69 Å². The van der Waals surface area contributed by atoms with Crippen molar-refractivity contribution in [3.8, 4) is 5.75 Å². The van der Waals surface area contributed by atoms with Crippen LogP contribution in [0.1, 0.15) is 56.2 Å². The molecule has 1 aliphatic rings. The molecule has 0 bridgehead atoms. The van der Waals surface area contributed by atoms with Crippen LogP contribution in [0.15, 0.2) is 42.5 Å². The minimum Gasteiger partial charge on any atom is -0.508 e. The van der Waals surface area contributed by atoms with Crippen LogP contribution < -0.4 is 5.32 Å². The number of carboxylic acid groups (broad SMARTS) is 1. The summed E-state index contributed by atoms with van der Waals surface area (Å²) < 4.78 is 0. The molecule has 0 radical (unpaired) electrons. The van der Waals surface area contributed by atoms with Gasteiger partial charge in [0.25, 0.3) is 0 Å². The Morgan fingerprint density at radius 2 is 1.96 bits per heavy atom. The first-order valence-electron chi connectivity index (χ1n) is 9.23. The molecule has 2 atom stereocenters. The van der Waals surface area contributed by atoms with Crippen molar-refractivity contribution in [3.05, 3.63) is 59.2 Å². The predicted octanol–water partition coefficient (Wildman–Crippen LogP) is 4.67. The van der Waals surface area contributed by atoms with E-state index in [1.807, 2.05) is 18.2 Å². The molecule has 3 N–H and O–H groups in total. The Labute approximate surface area is 154 Å². The number of hydrogen-bond donors (Lipinski definition) is 3. The third-order valence-electron chi connectivity index (χ3n) is 5.68. The number of carbonyl (C=O) groups is 1. The van der Waals surface area contributed by atoms with Crippen LogP contribution in [0, 0.1) is 0 Å². The van der Waals surface area contributed by atoms with E-state index in [0.29, 0.717) is 12.2 Å². The number of phenols is 1. The maximum atomic E-state index is 11.3. The van der Waals surface area contributed by atoms with Crippen LogP contribution in [0.2, 0.25) is 0 Å². The third kappa shape index (κ3) is 3.28. The van der Waals surface area contributed by atoms with E-state index in [1.165, 1.54) is 5.56 Å². The first-order chi connectivity index (χ1) is 12.3. The Morgan fingerprint density at radius 1 is 1.23 bits per heavy atom. The van der Waals surface area contributed by atoms with Gasteiger partial charge in [0, 0.05) is 23.6 Å². The quantitative estimate of drug-likeness (QED) is 0.705. The summed E-state index contributed by atoms with van der Waals surface area (Å²) in [5.74, 6) is -0.216. The average molecular weight is 353 g/mol. The molecule has 4 nitrogen and oxygen atoms in total. The van der Waals surface area contributed by atoms with Crippen molar-refractivity contribution in [3.63, 3.8) is 0 Å². The van der Waals surface area contributed by atoms with E-state index in [0.717, 1.165) is 23.2 Å². The highest BCUT2D eigenvalue weighted by molar-refractivity contribution is 5.68. The summed E-state index contributed by atoms with van der Waals surface area (Å²) in [4.78, 5) is 11.3. The zero-order chi connectivity index (χ0) is 18.9. The summed E-state index contributed by atoms with van der Waals surface area (Å²) in [6.07, 6.45) is 1.45. The maximum Gasteiger partial charge on any atom is 0.303 e. The third-order valence-corrected chi connectivity index (χ3v) is 5.68. The van der Waals surface area contributed by atoms with E-state index >= 15 is 0 Å². The fourth-order valence-electron chi connectivity index (χ4n) is 4.21. The molecule has 0 saturated heterocycles. The van der Waals surface area contributed by atoms with Gasteiger partial charge in [0.2, 0.25) is 0 Å². The van der Waals surface area contributed by atoms with Gasteiger partial charge in [-0.2, -0.15) is 0 Å². The number of rotatable bonds is 6. The van der Waals surface area contributed by atoms with Crippen molar-refractivity contribution < 1.29 is 15.0 Å². The standard InChI is InChI=1S/C22H27NO3/c1-14(2)17-12-16(8-9-20(17)24)13-22(11-10-21(25)26)15(3)23-19-7-5-4-6-18(19)22/h4-9,12,14-15,23-24H,10-11,13H2,1-3H3,(H,25,26). The zero-order valence-electron chi connectivity index (χ0n) is 15.6. The second-order valence-corrected chi connectivity index (χ2v) is 7.69. The van der Waals surface area contributed by atoms with Gasteiger partial charge < -0.3 is 15.5 Å². The molecule has 2 aromatic carbocycles. The Balaban J connectivity index is 2.03. The Bertz CT molecular complexity index is 815. The van der Waals surface area contributed by atoms with Crippen LogP contribution >= 0.6 is 0 Å². The van der Waals surface area contributed by atoms with Crippen LogP contribution in [0.3, 0.4) is 0 Å². The number of para-hydroxylation sites is 1. The minimum atomic E-state index is -0.769. The number of benzene rings is 2. The van der Waals surface area contributed by atoms with Gasteiger partial charge in [-0.3, -0.25) is 4.79 Å². The zero-order valence-corrected chi connectivity index (χ0v) is 15.6. The molecule has 1 heterocycles. The number of carboxylic acids is 1. The van der Waals surface area contributed by atoms with Gasteiger partial charge in [0.05, 0.1) is 0 Å². The highest BCUT2D eigenvalue weighted by Crippen LogP contribution is 2.46. The molecule has 1 aliphatic heterocycles. The first-order valence-corrected chi connectivity index (χ1v) is 9.23. The van der Waals surface area contributed by atoms with Crippen molar-refractivity contribution >= 4 is 11.7 Å². The van der Waals surface area contributed by atoms with Gasteiger partial charge >= 0.3 is 5.97 Å². The molecule has 0 amide bonds. The monoisotopic (exact) mass is 353 g/mol. The minimum absolute atomic E-state index is 0.134.